The standard InChI is InChI=1S/C20H23N3/c1-23-17-5-3-2-4-16(17)22-18(23)11-21-19-8-13-6-14-7-15(10-19)20(14,9-13)12-19/h2-5,11,13-15H,6-10,12H2,1H3. The van der Waals surface area contributed by atoms with Gasteiger partial charge in [0.25, 0.3) is 0 Å². The fraction of sp³-hybridized carbons (Fsp3) is 0.600. The van der Waals surface area contributed by atoms with E-state index in [-0.39, 0.29) is 5.54 Å². The summed E-state index contributed by atoms with van der Waals surface area (Å²) in [4.78, 5) is 9.98. The Hall–Kier alpha value is -1.64. The highest BCUT2D eigenvalue weighted by atomic mass is 15.1. The zero-order valence-electron chi connectivity index (χ0n) is 13.7. The number of hydrogen-bond acceptors (Lipinski definition) is 2. The largest absolute Gasteiger partial charge is 0.326 e. The molecule has 0 aliphatic heterocycles. The van der Waals surface area contributed by atoms with Gasteiger partial charge >= 0.3 is 0 Å². The number of rotatable bonds is 2. The number of imidazole rings is 1. The first-order valence-electron chi connectivity index (χ1n) is 9.14. The van der Waals surface area contributed by atoms with Crippen molar-refractivity contribution in [3.8, 4) is 0 Å². The molecule has 1 aromatic carbocycles. The van der Waals surface area contributed by atoms with Crippen LogP contribution in [0.3, 0.4) is 0 Å². The fourth-order valence-corrected chi connectivity index (χ4v) is 6.94. The van der Waals surface area contributed by atoms with Crippen molar-refractivity contribution in [3.63, 3.8) is 0 Å². The van der Waals surface area contributed by atoms with E-state index in [2.05, 4.69) is 42.1 Å². The van der Waals surface area contributed by atoms with E-state index in [9.17, 15) is 0 Å². The predicted molar refractivity (Wildman–Crippen MR) is 91.6 cm³/mol. The number of aliphatic imine (C=N–C) groups is 1. The lowest BCUT2D eigenvalue weighted by Gasteiger charge is -2.49. The van der Waals surface area contributed by atoms with Crippen LogP contribution in [0.2, 0.25) is 0 Å². The van der Waals surface area contributed by atoms with Gasteiger partial charge in [0.1, 0.15) is 0 Å². The third kappa shape index (κ3) is 1.47. The van der Waals surface area contributed by atoms with Crippen molar-refractivity contribution in [1.82, 2.24) is 9.55 Å². The van der Waals surface area contributed by atoms with Crippen molar-refractivity contribution in [2.24, 2.45) is 35.2 Å². The lowest BCUT2D eigenvalue weighted by Crippen LogP contribution is -2.42. The predicted octanol–water partition coefficient (Wildman–Crippen LogP) is 3.96. The van der Waals surface area contributed by atoms with E-state index < -0.39 is 0 Å². The molecule has 3 nitrogen and oxygen atoms in total. The van der Waals surface area contributed by atoms with Crippen molar-refractivity contribution in [3.05, 3.63) is 30.1 Å². The molecule has 1 heterocycles. The minimum absolute atomic E-state index is 0.247. The fourth-order valence-electron chi connectivity index (χ4n) is 6.94. The highest BCUT2D eigenvalue weighted by Gasteiger charge is 2.70. The van der Waals surface area contributed by atoms with E-state index in [1.165, 1.54) is 44.0 Å². The van der Waals surface area contributed by atoms with E-state index >= 15 is 0 Å². The van der Waals surface area contributed by atoms with Gasteiger partial charge in [-0.15, -0.1) is 0 Å². The average molecular weight is 305 g/mol. The lowest BCUT2D eigenvalue weighted by atomic mass is 9.56. The first kappa shape index (κ1) is 12.7. The second kappa shape index (κ2) is 3.88. The van der Waals surface area contributed by atoms with Gasteiger partial charge < -0.3 is 4.57 Å². The molecule has 1 spiro atoms. The normalized spacial score (nSPS) is 43.4. The molecule has 3 bridgehead atoms. The lowest BCUT2D eigenvalue weighted by molar-refractivity contribution is 0.0000983. The second-order valence-electron chi connectivity index (χ2n) is 8.75. The van der Waals surface area contributed by atoms with Crippen molar-refractivity contribution < 1.29 is 0 Å². The molecular formula is C20H23N3. The Labute approximate surface area is 136 Å². The molecule has 0 amide bonds. The van der Waals surface area contributed by atoms with Crippen molar-refractivity contribution in [2.45, 2.75) is 44.1 Å². The molecule has 2 aromatic rings. The van der Waals surface area contributed by atoms with E-state index in [0.29, 0.717) is 5.41 Å². The van der Waals surface area contributed by atoms with Gasteiger partial charge in [0.2, 0.25) is 0 Å². The quantitative estimate of drug-likeness (QED) is 0.772. The molecule has 118 valence electrons. The summed E-state index contributed by atoms with van der Waals surface area (Å²) in [5, 5.41) is 0. The number of aromatic nitrogens is 2. The van der Waals surface area contributed by atoms with Crippen LogP contribution in [0.1, 0.15) is 44.3 Å². The molecule has 0 radical (unpaired) electrons. The Morgan fingerprint density at radius 1 is 1.17 bits per heavy atom. The van der Waals surface area contributed by atoms with Crippen LogP contribution in [0.5, 0.6) is 0 Å². The summed E-state index contributed by atoms with van der Waals surface area (Å²) in [7, 11) is 2.10. The van der Waals surface area contributed by atoms with Crippen LogP contribution in [0, 0.1) is 23.2 Å². The summed E-state index contributed by atoms with van der Waals surface area (Å²) < 4.78 is 2.18. The minimum atomic E-state index is 0.247. The smallest absolute Gasteiger partial charge is 0.151 e. The molecule has 4 aliphatic rings. The number of aryl methyl sites for hydroxylation is 1. The molecule has 0 saturated heterocycles. The highest BCUT2D eigenvalue weighted by molar-refractivity contribution is 5.85. The maximum Gasteiger partial charge on any atom is 0.151 e. The van der Waals surface area contributed by atoms with Crippen LogP contribution in [0.25, 0.3) is 11.0 Å². The first-order chi connectivity index (χ1) is 11.2. The molecular weight excluding hydrogens is 282 g/mol. The van der Waals surface area contributed by atoms with Crippen LogP contribution >= 0.6 is 0 Å². The molecule has 0 N–H and O–H groups in total. The van der Waals surface area contributed by atoms with Crippen LogP contribution in [-0.2, 0) is 7.05 Å². The van der Waals surface area contributed by atoms with Crippen LogP contribution in [-0.4, -0.2) is 21.3 Å². The SMILES string of the molecule is Cn1c(C=NC23CC4CC5CC(C2)C5(C4)C3)nc2ccccc21. The van der Waals surface area contributed by atoms with E-state index in [1.807, 2.05) is 0 Å². The number of hydrogen-bond donors (Lipinski definition) is 0. The van der Waals surface area contributed by atoms with Gasteiger partial charge in [-0.1, -0.05) is 12.1 Å². The summed E-state index contributed by atoms with van der Waals surface area (Å²) in [6.07, 6.45) is 10.7. The molecule has 5 atom stereocenters. The van der Waals surface area contributed by atoms with Crippen molar-refractivity contribution in [1.29, 1.82) is 0 Å². The monoisotopic (exact) mass is 305 g/mol. The van der Waals surface area contributed by atoms with Gasteiger partial charge in [0, 0.05) is 7.05 Å². The summed E-state index contributed by atoms with van der Waals surface area (Å²) in [6, 6.07) is 8.36. The Morgan fingerprint density at radius 2 is 2.09 bits per heavy atom. The Kier molecular flexibility index (Phi) is 2.15. The number of nitrogens with zero attached hydrogens (tertiary/aromatic N) is 3. The summed E-state index contributed by atoms with van der Waals surface area (Å²) >= 11 is 0. The third-order valence-electron chi connectivity index (χ3n) is 7.71. The topological polar surface area (TPSA) is 30.2 Å². The van der Waals surface area contributed by atoms with Crippen LogP contribution in [0.15, 0.2) is 29.3 Å². The van der Waals surface area contributed by atoms with Gasteiger partial charge in [-0.2, -0.15) is 0 Å². The Bertz CT molecular complexity index is 846. The Morgan fingerprint density at radius 3 is 3.00 bits per heavy atom. The number of para-hydroxylation sites is 2. The average Bonchev–Trinajstić information content (AvgIpc) is 3.04. The third-order valence-corrected chi connectivity index (χ3v) is 7.71. The minimum Gasteiger partial charge on any atom is -0.326 e. The van der Waals surface area contributed by atoms with Gasteiger partial charge in [0.15, 0.2) is 5.82 Å². The van der Waals surface area contributed by atoms with Gasteiger partial charge in [-0.05, 0) is 73.8 Å². The molecule has 5 unspecified atom stereocenters. The molecule has 3 heteroatoms. The van der Waals surface area contributed by atoms with Crippen molar-refractivity contribution >= 4 is 17.2 Å². The van der Waals surface area contributed by atoms with Gasteiger partial charge in [-0.3, -0.25) is 4.99 Å². The first-order valence-corrected chi connectivity index (χ1v) is 9.14. The summed E-state index contributed by atoms with van der Waals surface area (Å²) in [5.74, 6) is 4.00. The number of benzene rings is 1. The molecule has 4 aliphatic carbocycles. The maximum absolute atomic E-state index is 5.21. The molecule has 6 rings (SSSR count). The van der Waals surface area contributed by atoms with Gasteiger partial charge in [0.05, 0.1) is 22.8 Å². The summed E-state index contributed by atoms with van der Waals surface area (Å²) in [5.41, 5.74) is 3.23. The zero-order valence-corrected chi connectivity index (χ0v) is 13.7. The molecule has 4 saturated carbocycles. The van der Waals surface area contributed by atoms with Crippen molar-refractivity contribution in [2.75, 3.05) is 0 Å². The highest BCUT2D eigenvalue weighted by Crippen LogP contribution is 2.77. The van der Waals surface area contributed by atoms with E-state index in [0.717, 1.165) is 29.1 Å². The summed E-state index contributed by atoms with van der Waals surface area (Å²) in [6.45, 7) is 0. The Balaban J connectivity index is 1.39. The van der Waals surface area contributed by atoms with Gasteiger partial charge in [-0.25, -0.2) is 4.98 Å². The van der Waals surface area contributed by atoms with Crippen LogP contribution in [0.4, 0.5) is 0 Å². The molecule has 1 aromatic heterocycles. The molecule has 23 heavy (non-hydrogen) atoms. The van der Waals surface area contributed by atoms with E-state index in [4.69, 9.17) is 9.98 Å². The zero-order chi connectivity index (χ0) is 15.2. The second-order valence-corrected chi connectivity index (χ2v) is 8.75. The van der Waals surface area contributed by atoms with E-state index in [1.54, 1.807) is 0 Å². The maximum atomic E-state index is 5.21. The number of fused-ring (bicyclic) bond motifs is 3. The van der Waals surface area contributed by atoms with Crippen LogP contribution < -0.4 is 0 Å². The molecule has 4 fully saturated rings.